The van der Waals surface area contributed by atoms with Crippen LogP contribution in [-0.2, 0) is 13.0 Å². The van der Waals surface area contributed by atoms with Crippen molar-refractivity contribution in [3.8, 4) is 5.75 Å². The van der Waals surface area contributed by atoms with Gasteiger partial charge in [0.15, 0.2) is 5.96 Å². The second kappa shape index (κ2) is 9.20. The molecule has 5 heteroatoms. The number of aryl methyl sites for hydroxylation is 1. The molecule has 2 N–H and O–H groups in total. The number of hydrogen-bond acceptors (Lipinski definition) is 3. The predicted octanol–water partition coefficient (Wildman–Crippen LogP) is 3.36. The molecule has 0 unspecified atom stereocenters. The van der Waals surface area contributed by atoms with Crippen LogP contribution in [0.3, 0.4) is 0 Å². The lowest BCUT2D eigenvalue weighted by atomic mass is 10.1. The Morgan fingerprint density at radius 1 is 1.22 bits per heavy atom. The van der Waals surface area contributed by atoms with Gasteiger partial charge < -0.3 is 15.4 Å². The highest BCUT2D eigenvalue weighted by molar-refractivity contribution is 7.07. The van der Waals surface area contributed by atoms with Crippen LogP contribution in [0.5, 0.6) is 5.75 Å². The number of aliphatic imine (C=N–C) groups is 1. The monoisotopic (exact) mass is 331 g/mol. The number of nitrogens with zero attached hydrogens (tertiary/aromatic N) is 1. The summed E-state index contributed by atoms with van der Waals surface area (Å²) in [4.78, 5) is 4.61. The van der Waals surface area contributed by atoms with Crippen LogP contribution < -0.4 is 15.4 Å². The van der Waals surface area contributed by atoms with Crippen molar-refractivity contribution < 1.29 is 4.74 Å². The van der Waals surface area contributed by atoms with Crippen LogP contribution in [0.4, 0.5) is 0 Å². The number of guanidine groups is 1. The van der Waals surface area contributed by atoms with Crippen LogP contribution in [0.2, 0.25) is 0 Å². The van der Waals surface area contributed by atoms with E-state index in [2.05, 4.69) is 64.5 Å². The van der Waals surface area contributed by atoms with Crippen molar-refractivity contribution in [3.05, 3.63) is 51.7 Å². The third-order valence-electron chi connectivity index (χ3n) is 3.52. The number of rotatable bonds is 7. The van der Waals surface area contributed by atoms with Gasteiger partial charge in [-0.1, -0.05) is 12.1 Å². The molecule has 4 nitrogen and oxygen atoms in total. The molecule has 0 saturated carbocycles. The predicted molar refractivity (Wildman–Crippen MR) is 98.6 cm³/mol. The first-order valence-corrected chi connectivity index (χ1v) is 8.84. The third kappa shape index (κ3) is 5.60. The molecule has 1 aromatic carbocycles. The molecule has 124 valence electrons. The number of ether oxygens (including phenoxy) is 1. The highest BCUT2D eigenvalue weighted by atomic mass is 32.1. The Morgan fingerprint density at radius 3 is 2.78 bits per heavy atom. The molecule has 0 radical (unpaired) electrons. The molecule has 2 rings (SSSR count). The minimum Gasteiger partial charge on any atom is -0.496 e. The summed E-state index contributed by atoms with van der Waals surface area (Å²) >= 11 is 1.70. The van der Waals surface area contributed by atoms with Gasteiger partial charge in [0.2, 0.25) is 0 Å². The molecule has 0 aliphatic carbocycles. The van der Waals surface area contributed by atoms with E-state index >= 15 is 0 Å². The van der Waals surface area contributed by atoms with Crippen LogP contribution in [0, 0.1) is 6.92 Å². The van der Waals surface area contributed by atoms with Crippen molar-refractivity contribution in [2.75, 3.05) is 20.2 Å². The van der Waals surface area contributed by atoms with Gasteiger partial charge in [-0.3, -0.25) is 0 Å². The van der Waals surface area contributed by atoms with Gasteiger partial charge in [0.1, 0.15) is 5.75 Å². The summed E-state index contributed by atoms with van der Waals surface area (Å²) in [6, 6.07) is 8.46. The average molecular weight is 331 g/mol. The highest BCUT2D eigenvalue weighted by Crippen LogP contribution is 2.18. The van der Waals surface area contributed by atoms with E-state index in [0.717, 1.165) is 36.8 Å². The second-order valence-corrected chi connectivity index (χ2v) is 6.09. The smallest absolute Gasteiger partial charge is 0.191 e. The number of thiophene rings is 1. The number of benzene rings is 1. The Kier molecular flexibility index (Phi) is 6.94. The topological polar surface area (TPSA) is 45.7 Å². The second-order valence-electron chi connectivity index (χ2n) is 5.31. The van der Waals surface area contributed by atoms with Crippen molar-refractivity contribution in [2.24, 2.45) is 4.99 Å². The first-order chi connectivity index (χ1) is 11.2. The van der Waals surface area contributed by atoms with Crippen LogP contribution in [0.15, 0.2) is 40.0 Å². The number of hydrogen-bond donors (Lipinski definition) is 2. The summed E-state index contributed by atoms with van der Waals surface area (Å²) in [5, 5.41) is 10.9. The lowest BCUT2D eigenvalue weighted by Crippen LogP contribution is -2.38. The third-order valence-corrected chi connectivity index (χ3v) is 4.25. The molecular weight excluding hydrogens is 306 g/mol. The van der Waals surface area contributed by atoms with Gasteiger partial charge in [0, 0.05) is 13.1 Å². The Hall–Kier alpha value is -2.01. The van der Waals surface area contributed by atoms with Gasteiger partial charge in [-0.15, -0.1) is 0 Å². The van der Waals surface area contributed by atoms with E-state index in [1.165, 1.54) is 11.1 Å². The first-order valence-electron chi connectivity index (χ1n) is 7.89. The zero-order valence-electron chi connectivity index (χ0n) is 14.1. The van der Waals surface area contributed by atoms with Gasteiger partial charge in [-0.25, -0.2) is 4.99 Å². The van der Waals surface area contributed by atoms with Crippen molar-refractivity contribution in [2.45, 2.75) is 26.8 Å². The SMILES string of the molecule is CCNC(=NCc1ccsc1)NCCc1ccc(C)c(OC)c1. The minimum atomic E-state index is 0.706. The van der Waals surface area contributed by atoms with Crippen molar-refractivity contribution in [3.63, 3.8) is 0 Å². The van der Waals surface area contributed by atoms with Crippen LogP contribution in [0.25, 0.3) is 0 Å². The lowest BCUT2D eigenvalue weighted by molar-refractivity contribution is 0.411. The summed E-state index contributed by atoms with van der Waals surface area (Å²) in [6.07, 6.45) is 0.930. The Morgan fingerprint density at radius 2 is 2.09 bits per heavy atom. The molecule has 0 spiro atoms. The van der Waals surface area contributed by atoms with Gasteiger partial charge in [-0.05, 0) is 59.9 Å². The first kappa shape index (κ1) is 17.3. The van der Waals surface area contributed by atoms with Gasteiger partial charge in [0.25, 0.3) is 0 Å². The molecular formula is C18H25N3OS. The number of methoxy groups -OCH3 is 1. The highest BCUT2D eigenvalue weighted by Gasteiger charge is 2.02. The maximum Gasteiger partial charge on any atom is 0.191 e. The lowest BCUT2D eigenvalue weighted by Gasteiger charge is -2.12. The fourth-order valence-corrected chi connectivity index (χ4v) is 2.90. The fourth-order valence-electron chi connectivity index (χ4n) is 2.24. The van der Waals surface area contributed by atoms with E-state index in [-0.39, 0.29) is 0 Å². The van der Waals surface area contributed by atoms with Crippen molar-refractivity contribution in [1.82, 2.24) is 10.6 Å². The maximum absolute atomic E-state index is 5.38. The summed E-state index contributed by atoms with van der Waals surface area (Å²) in [5.74, 6) is 1.80. The quantitative estimate of drug-likeness (QED) is 0.604. The zero-order chi connectivity index (χ0) is 16.5. The average Bonchev–Trinajstić information content (AvgIpc) is 3.07. The van der Waals surface area contributed by atoms with E-state index in [4.69, 9.17) is 4.74 Å². The Balaban J connectivity index is 1.87. The molecule has 1 heterocycles. The minimum absolute atomic E-state index is 0.706. The molecule has 2 aromatic rings. The van der Waals surface area contributed by atoms with Crippen LogP contribution in [0.1, 0.15) is 23.6 Å². The van der Waals surface area contributed by atoms with E-state index in [0.29, 0.717) is 6.54 Å². The molecule has 0 aliphatic rings. The molecule has 0 aliphatic heterocycles. The van der Waals surface area contributed by atoms with E-state index in [9.17, 15) is 0 Å². The largest absolute Gasteiger partial charge is 0.496 e. The molecule has 0 fully saturated rings. The summed E-state index contributed by atoms with van der Waals surface area (Å²) < 4.78 is 5.38. The Labute approximate surface area is 142 Å². The van der Waals surface area contributed by atoms with E-state index in [1.54, 1.807) is 18.4 Å². The number of nitrogens with one attached hydrogen (secondary N) is 2. The van der Waals surface area contributed by atoms with Gasteiger partial charge in [-0.2, -0.15) is 11.3 Å². The molecule has 0 atom stereocenters. The summed E-state index contributed by atoms with van der Waals surface area (Å²) in [6.45, 7) is 6.53. The molecule has 23 heavy (non-hydrogen) atoms. The van der Waals surface area contributed by atoms with Crippen LogP contribution >= 0.6 is 11.3 Å². The normalized spacial score (nSPS) is 11.3. The molecule has 0 saturated heterocycles. The van der Waals surface area contributed by atoms with E-state index < -0.39 is 0 Å². The Bertz CT molecular complexity index is 623. The molecule has 0 amide bonds. The standard InChI is InChI=1S/C18H25N3OS/c1-4-19-18(21-12-16-8-10-23-13-16)20-9-7-15-6-5-14(2)17(11-15)22-3/h5-6,8,10-11,13H,4,7,9,12H2,1-3H3,(H2,19,20,21). The van der Waals surface area contributed by atoms with Crippen molar-refractivity contribution >= 4 is 17.3 Å². The molecule has 0 bridgehead atoms. The van der Waals surface area contributed by atoms with Gasteiger partial charge in [0.05, 0.1) is 13.7 Å². The van der Waals surface area contributed by atoms with E-state index in [1.807, 2.05) is 0 Å². The fraction of sp³-hybridized carbons (Fsp3) is 0.389. The van der Waals surface area contributed by atoms with Gasteiger partial charge >= 0.3 is 0 Å². The maximum atomic E-state index is 5.38. The van der Waals surface area contributed by atoms with Crippen LogP contribution in [-0.4, -0.2) is 26.2 Å². The zero-order valence-corrected chi connectivity index (χ0v) is 14.9. The van der Waals surface area contributed by atoms with Crippen molar-refractivity contribution in [1.29, 1.82) is 0 Å². The molecule has 1 aromatic heterocycles. The summed E-state index contributed by atoms with van der Waals surface area (Å²) in [5.41, 5.74) is 3.67. The summed E-state index contributed by atoms with van der Waals surface area (Å²) in [7, 11) is 1.71.